The lowest BCUT2D eigenvalue weighted by Gasteiger charge is -2.13. The molecule has 0 aliphatic rings. The fourth-order valence-corrected chi connectivity index (χ4v) is 3.53. The van der Waals surface area contributed by atoms with Crippen LogP contribution in [0.3, 0.4) is 0 Å². The van der Waals surface area contributed by atoms with E-state index in [-0.39, 0.29) is 0 Å². The Kier molecular flexibility index (Phi) is 4.00. The summed E-state index contributed by atoms with van der Waals surface area (Å²) in [7, 11) is 0. The lowest BCUT2D eigenvalue weighted by atomic mass is 9.93. The molecule has 3 heteroatoms. The standard InChI is InChI=1S/C22H22N2O/c1-4-15(5-2)16-10-11-23-20(13-16)17-7-9-21-19(12-17)18-8-6-14(3)24-22(18)25-21/h6-13,15H,4-5H2,1-3H3. The Labute approximate surface area is 147 Å². The summed E-state index contributed by atoms with van der Waals surface area (Å²) in [5, 5.41) is 2.15. The molecule has 3 nitrogen and oxygen atoms in total. The molecule has 0 saturated heterocycles. The molecule has 4 rings (SSSR count). The number of aromatic nitrogens is 2. The van der Waals surface area contributed by atoms with Crippen molar-refractivity contribution < 1.29 is 4.42 Å². The van der Waals surface area contributed by atoms with Gasteiger partial charge in [0.25, 0.3) is 0 Å². The number of rotatable bonds is 4. The van der Waals surface area contributed by atoms with E-state index >= 15 is 0 Å². The first-order valence-electron chi connectivity index (χ1n) is 8.95. The first-order chi connectivity index (χ1) is 12.2. The molecule has 0 fully saturated rings. The van der Waals surface area contributed by atoms with Crippen molar-refractivity contribution in [1.29, 1.82) is 0 Å². The number of furan rings is 1. The number of fused-ring (bicyclic) bond motifs is 3. The van der Waals surface area contributed by atoms with E-state index in [1.165, 1.54) is 5.56 Å². The van der Waals surface area contributed by atoms with E-state index in [4.69, 9.17) is 4.42 Å². The van der Waals surface area contributed by atoms with E-state index in [1.807, 2.05) is 25.3 Å². The van der Waals surface area contributed by atoms with Gasteiger partial charge in [0.1, 0.15) is 5.58 Å². The van der Waals surface area contributed by atoms with E-state index in [2.05, 4.69) is 54.1 Å². The second-order valence-corrected chi connectivity index (χ2v) is 6.61. The zero-order valence-electron chi connectivity index (χ0n) is 14.9. The molecule has 0 amide bonds. The predicted molar refractivity (Wildman–Crippen MR) is 103 cm³/mol. The molecule has 0 aliphatic carbocycles. The van der Waals surface area contributed by atoms with Crippen LogP contribution in [0.1, 0.15) is 43.9 Å². The van der Waals surface area contributed by atoms with Crippen LogP contribution in [0.15, 0.2) is 53.1 Å². The maximum Gasteiger partial charge on any atom is 0.227 e. The number of nitrogens with zero attached hydrogens (tertiary/aromatic N) is 2. The van der Waals surface area contributed by atoms with Crippen LogP contribution < -0.4 is 0 Å². The molecule has 3 heterocycles. The zero-order chi connectivity index (χ0) is 17.4. The number of benzene rings is 1. The Morgan fingerprint density at radius 2 is 1.80 bits per heavy atom. The van der Waals surface area contributed by atoms with Crippen LogP contribution in [-0.2, 0) is 0 Å². The van der Waals surface area contributed by atoms with E-state index in [0.29, 0.717) is 11.6 Å². The van der Waals surface area contributed by atoms with Gasteiger partial charge in [0.15, 0.2) is 0 Å². The van der Waals surface area contributed by atoms with Crippen molar-refractivity contribution in [2.24, 2.45) is 0 Å². The maximum absolute atomic E-state index is 5.89. The summed E-state index contributed by atoms with van der Waals surface area (Å²) in [6, 6.07) is 14.7. The molecule has 1 aromatic carbocycles. The Bertz CT molecular complexity index is 1040. The summed E-state index contributed by atoms with van der Waals surface area (Å²) >= 11 is 0. The number of pyridine rings is 2. The van der Waals surface area contributed by atoms with Gasteiger partial charge in [-0.15, -0.1) is 0 Å². The minimum Gasteiger partial charge on any atom is -0.438 e. The predicted octanol–water partition coefficient (Wildman–Crippen LogP) is 6.26. The van der Waals surface area contributed by atoms with Crippen molar-refractivity contribution in [3.05, 3.63) is 59.9 Å². The minimum absolute atomic E-state index is 0.590. The van der Waals surface area contributed by atoms with E-state index in [0.717, 1.165) is 46.1 Å². The van der Waals surface area contributed by atoms with Gasteiger partial charge in [0.2, 0.25) is 5.71 Å². The Morgan fingerprint density at radius 3 is 2.60 bits per heavy atom. The molecule has 0 bridgehead atoms. The second kappa shape index (κ2) is 6.32. The van der Waals surface area contributed by atoms with Gasteiger partial charge in [0, 0.05) is 28.2 Å². The van der Waals surface area contributed by atoms with Gasteiger partial charge in [-0.3, -0.25) is 4.98 Å². The SMILES string of the molecule is CCC(CC)c1ccnc(-c2ccc3oc4nc(C)ccc4c3c2)c1. The third-order valence-corrected chi connectivity index (χ3v) is 5.01. The van der Waals surface area contributed by atoms with Crippen molar-refractivity contribution in [2.75, 3.05) is 0 Å². The Balaban J connectivity index is 1.84. The van der Waals surface area contributed by atoms with Crippen molar-refractivity contribution in [3.8, 4) is 11.3 Å². The first kappa shape index (κ1) is 15.8. The van der Waals surface area contributed by atoms with Gasteiger partial charge in [-0.25, -0.2) is 4.98 Å². The molecule has 3 aromatic heterocycles. The highest BCUT2D eigenvalue weighted by molar-refractivity contribution is 6.04. The van der Waals surface area contributed by atoms with Gasteiger partial charge < -0.3 is 4.42 Å². The molecular weight excluding hydrogens is 308 g/mol. The van der Waals surface area contributed by atoms with Crippen LogP contribution in [0.2, 0.25) is 0 Å². The van der Waals surface area contributed by atoms with Gasteiger partial charge >= 0.3 is 0 Å². The summed E-state index contributed by atoms with van der Waals surface area (Å²) in [4.78, 5) is 9.09. The van der Waals surface area contributed by atoms with E-state index < -0.39 is 0 Å². The van der Waals surface area contributed by atoms with Crippen molar-refractivity contribution in [3.63, 3.8) is 0 Å². The molecular formula is C22H22N2O. The second-order valence-electron chi connectivity index (χ2n) is 6.61. The molecule has 0 N–H and O–H groups in total. The van der Waals surface area contributed by atoms with Gasteiger partial charge in [-0.05, 0) is 73.7 Å². The number of aryl methyl sites for hydroxylation is 1. The van der Waals surface area contributed by atoms with Gasteiger partial charge in [-0.1, -0.05) is 13.8 Å². The normalized spacial score (nSPS) is 11.7. The smallest absolute Gasteiger partial charge is 0.227 e. The van der Waals surface area contributed by atoms with E-state index in [9.17, 15) is 0 Å². The van der Waals surface area contributed by atoms with Crippen molar-refractivity contribution >= 4 is 22.1 Å². The Hall–Kier alpha value is -2.68. The number of hydrogen-bond donors (Lipinski definition) is 0. The fourth-order valence-electron chi connectivity index (χ4n) is 3.53. The molecule has 0 unspecified atom stereocenters. The summed E-state index contributed by atoms with van der Waals surface area (Å²) < 4.78 is 5.89. The highest BCUT2D eigenvalue weighted by Crippen LogP contribution is 2.32. The first-order valence-corrected chi connectivity index (χ1v) is 8.95. The summed E-state index contributed by atoms with van der Waals surface area (Å²) in [6.45, 7) is 6.46. The highest BCUT2D eigenvalue weighted by atomic mass is 16.3. The fraction of sp³-hybridized carbons (Fsp3) is 0.273. The van der Waals surface area contributed by atoms with Crippen LogP contribution in [0.5, 0.6) is 0 Å². The van der Waals surface area contributed by atoms with Gasteiger partial charge in [-0.2, -0.15) is 0 Å². The van der Waals surface area contributed by atoms with Crippen LogP contribution >= 0.6 is 0 Å². The zero-order valence-corrected chi connectivity index (χ0v) is 14.9. The number of hydrogen-bond acceptors (Lipinski definition) is 3. The van der Waals surface area contributed by atoms with Crippen LogP contribution in [0.4, 0.5) is 0 Å². The maximum atomic E-state index is 5.89. The average molecular weight is 330 g/mol. The molecule has 0 atom stereocenters. The monoisotopic (exact) mass is 330 g/mol. The summed E-state index contributed by atoms with van der Waals surface area (Å²) in [5.41, 5.74) is 6.03. The van der Waals surface area contributed by atoms with Crippen molar-refractivity contribution in [2.45, 2.75) is 39.5 Å². The molecule has 0 radical (unpaired) electrons. The quantitative estimate of drug-likeness (QED) is 0.443. The largest absolute Gasteiger partial charge is 0.438 e. The summed E-state index contributed by atoms with van der Waals surface area (Å²) in [5.74, 6) is 0.590. The topological polar surface area (TPSA) is 38.9 Å². The molecule has 4 aromatic rings. The molecule has 0 aliphatic heterocycles. The van der Waals surface area contributed by atoms with Crippen LogP contribution in [0, 0.1) is 6.92 Å². The molecule has 0 saturated carbocycles. The van der Waals surface area contributed by atoms with Gasteiger partial charge in [0.05, 0.1) is 5.69 Å². The third-order valence-electron chi connectivity index (χ3n) is 5.01. The van der Waals surface area contributed by atoms with Crippen LogP contribution in [-0.4, -0.2) is 9.97 Å². The lowest BCUT2D eigenvalue weighted by Crippen LogP contribution is -1.96. The highest BCUT2D eigenvalue weighted by Gasteiger charge is 2.12. The third kappa shape index (κ3) is 2.80. The van der Waals surface area contributed by atoms with Crippen molar-refractivity contribution in [1.82, 2.24) is 9.97 Å². The molecule has 25 heavy (non-hydrogen) atoms. The van der Waals surface area contributed by atoms with Crippen LogP contribution in [0.25, 0.3) is 33.3 Å². The van der Waals surface area contributed by atoms with E-state index in [1.54, 1.807) is 0 Å². The lowest BCUT2D eigenvalue weighted by molar-refractivity contribution is 0.641. The molecule has 0 spiro atoms. The average Bonchev–Trinajstić information content (AvgIpc) is 2.99. The summed E-state index contributed by atoms with van der Waals surface area (Å²) in [6.07, 6.45) is 4.22. The molecule has 126 valence electrons. The Morgan fingerprint density at radius 1 is 0.960 bits per heavy atom. The minimum atomic E-state index is 0.590.